The molecule has 0 spiro atoms. The second-order valence-corrected chi connectivity index (χ2v) is 7.25. The summed E-state index contributed by atoms with van der Waals surface area (Å²) in [5.41, 5.74) is 6.55. The molecule has 0 aliphatic heterocycles. The number of nitro benzene ring substituents is 1. The first kappa shape index (κ1) is 20.1. The summed E-state index contributed by atoms with van der Waals surface area (Å²) in [6, 6.07) is 10.6. The molecule has 0 bridgehead atoms. The van der Waals surface area contributed by atoms with Gasteiger partial charge in [-0.2, -0.15) is 0 Å². The van der Waals surface area contributed by atoms with Crippen LogP contribution in [0.1, 0.15) is 6.92 Å². The van der Waals surface area contributed by atoms with Gasteiger partial charge < -0.3 is 10.5 Å². The molecule has 10 nitrogen and oxygen atoms in total. The Balaban J connectivity index is 2.15. The van der Waals surface area contributed by atoms with E-state index in [1.807, 2.05) is 17.4 Å². The number of nitro groups is 1. The maximum Gasteiger partial charge on any atom is 0.318 e. The molecule has 1 heterocycles. The molecule has 3 N–H and O–H groups in total. The van der Waals surface area contributed by atoms with Gasteiger partial charge in [0.2, 0.25) is 5.91 Å². The lowest BCUT2D eigenvalue weighted by molar-refractivity contribution is -0.384. The predicted octanol–water partition coefficient (Wildman–Crippen LogP) is 2.62. The largest absolute Gasteiger partial charge is 0.495 e. The van der Waals surface area contributed by atoms with Gasteiger partial charge in [-0.05, 0) is 25.1 Å². The molecule has 0 saturated heterocycles. The Morgan fingerprint density at radius 3 is 2.69 bits per heavy atom. The number of rotatable bonds is 6. The lowest BCUT2D eigenvalue weighted by atomic mass is 10.2. The number of hydrogen-bond acceptors (Lipinski definition) is 7. The van der Waals surface area contributed by atoms with Crippen LogP contribution in [0.4, 0.5) is 10.5 Å². The van der Waals surface area contributed by atoms with Crippen LogP contribution >= 0.6 is 11.8 Å². The average molecular weight is 415 g/mol. The summed E-state index contributed by atoms with van der Waals surface area (Å²) in [5.74, 6) is -0.0200. The number of thioether (sulfide) groups is 1. The molecule has 3 aromatic rings. The van der Waals surface area contributed by atoms with Gasteiger partial charge in [-0.15, -0.1) is 0 Å². The molecule has 0 unspecified atom stereocenters. The van der Waals surface area contributed by atoms with Crippen molar-refractivity contribution in [3.8, 4) is 11.4 Å². The molecular formula is C18H17N5O5S. The molecule has 11 heteroatoms. The Hall–Kier alpha value is -3.60. The van der Waals surface area contributed by atoms with Crippen molar-refractivity contribution in [3.63, 3.8) is 0 Å². The molecule has 0 aliphatic carbocycles. The van der Waals surface area contributed by atoms with Gasteiger partial charge in [-0.3, -0.25) is 24.8 Å². The van der Waals surface area contributed by atoms with E-state index >= 15 is 0 Å². The number of nitrogens with zero attached hydrogens (tertiary/aromatic N) is 3. The maximum absolute atomic E-state index is 12.1. The number of imide groups is 1. The van der Waals surface area contributed by atoms with Crippen LogP contribution in [0, 0.1) is 10.1 Å². The molecular weight excluding hydrogens is 398 g/mol. The van der Waals surface area contributed by atoms with E-state index < -0.39 is 22.1 Å². The number of nitrogens with two attached hydrogens (primary N) is 1. The van der Waals surface area contributed by atoms with Crippen molar-refractivity contribution in [2.45, 2.75) is 17.3 Å². The van der Waals surface area contributed by atoms with Crippen molar-refractivity contribution in [2.75, 3.05) is 7.11 Å². The quantitative estimate of drug-likeness (QED) is 0.358. The van der Waals surface area contributed by atoms with Crippen LogP contribution < -0.4 is 15.8 Å². The highest BCUT2D eigenvalue weighted by molar-refractivity contribution is 8.00. The number of primary amides is 1. The number of amides is 3. The number of methoxy groups -OCH3 is 1. The Bertz CT molecular complexity index is 1110. The first-order valence-corrected chi connectivity index (χ1v) is 9.27. The number of fused-ring (bicyclic) bond motifs is 1. The number of ether oxygens (including phenoxy) is 1. The maximum atomic E-state index is 12.1. The number of carbonyl (C=O) groups excluding carboxylic acids is 2. The van der Waals surface area contributed by atoms with Crippen LogP contribution in [0.3, 0.4) is 0 Å². The highest BCUT2D eigenvalue weighted by atomic mass is 32.2. The van der Waals surface area contributed by atoms with Gasteiger partial charge in [0.25, 0.3) is 5.69 Å². The second kappa shape index (κ2) is 8.19. The van der Waals surface area contributed by atoms with E-state index in [4.69, 9.17) is 10.5 Å². The number of carbonyl (C=O) groups is 2. The number of hydrogen-bond donors (Lipinski definition) is 2. The molecule has 150 valence electrons. The van der Waals surface area contributed by atoms with Crippen molar-refractivity contribution in [1.82, 2.24) is 14.9 Å². The first-order valence-electron chi connectivity index (χ1n) is 8.39. The number of imidazole rings is 1. The minimum absolute atomic E-state index is 0.0988. The number of urea groups is 1. The van der Waals surface area contributed by atoms with Crippen molar-refractivity contribution in [1.29, 1.82) is 0 Å². The zero-order chi connectivity index (χ0) is 21.1. The number of nitrogens with one attached hydrogen (secondary N) is 1. The normalized spacial score (nSPS) is 11.8. The van der Waals surface area contributed by atoms with E-state index in [-0.39, 0.29) is 5.69 Å². The van der Waals surface area contributed by atoms with Gasteiger partial charge >= 0.3 is 6.03 Å². The fourth-order valence-electron chi connectivity index (χ4n) is 2.72. The van der Waals surface area contributed by atoms with Crippen molar-refractivity contribution < 1.29 is 19.2 Å². The minimum atomic E-state index is -0.948. The SMILES string of the molecule is COc1ccccc1-n1c(S[C@@H](C)C(=O)NC(N)=O)nc2cc([N+](=O)[O-])ccc21. The van der Waals surface area contributed by atoms with Crippen LogP contribution in [-0.4, -0.2) is 38.8 Å². The molecule has 2 aromatic carbocycles. The number of benzene rings is 2. The van der Waals surface area contributed by atoms with E-state index in [9.17, 15) is 19.7 Å². The summed E-state index contributed by atoms with van der Waals surface area (Å²) >= 11 is 1.08. The zero-order valence-corrected chi connectivity index (χ0v) is 16.3. The molecule has 0 radical (unpaired) electrons. The van der Waals surface area contributed by atoms with Gasteiger partial charge in [-0.1, -0.05) is 23.9 Å². The molecule has 1 aromatic heterocycles. The summed E-state index contributed by atoms with van der Waals surface area (Å²) in [5, 5.41) is 12.9. The molecule has 0 fully saturated rings. The number of aromatic nitrogens is 2. The Morgan fingerprint density at radius 1 is 1.31 bits per heavy atom. The fraction of sp³-hybridized carbons (Fsp3) is 0.167. The van der Waals surface area contributed by atoms with Crippen molar-refractivity contribution in [2.24, 2.45) is 5.73 Å². The molecule has 0 aliphatic rings. The Kier molecular flexibility index (Phi) is 5.69. The van der Waals surface area contributed by atoms with Gasteiger partial charge in [0, 0.05) is 12.1 Å². The monoisotopic (exact) mass is 415 g/mol. The summed E-state index contributed by atoms with van der Waals surface area (Å²) in [6.07, 6.45) is 0. The molecule has 0 saturated carbocycles. The number of para-hydroxylation sites is 2. The zero-order valence-electron chi connectivity index (χ0n) is 15.5. The summed E-state index contributed by atoms with van der Waals surface area (Å²) in [6.45, 7) is 1.59. The second-order valence-electron chi connectivity index (χ2n) is 5.95. The van der Waals surface area contributed by atoms with Gasteiger partial charge in [0.15, 0.2) is 5.16 Å². The van der Waals surface area contributed by atoms with Crippen LogP contribution in [0.25, 0.3) is 16.7 Å². The molecule has 3 amide bonds. The third-order valence-corrected chi connectivity index (χ3v) is 5.09. The number of non-ortho nitro benzene ring substituents is 1. The van der Waals surface area contributed by atoms with E-state index in [0.29, 0.717) is 27.6 Å². The van der Waals surface area contributed by atoms with E-state index in [0.717, 1.165) is 11.8 Å². The Morgan fingerprint density at radius 2 is 2.03 bits per heavy atom. The van der Waals surface area contributed by atoms with Gasteiger partial charge in [0.05, 0.1) is 34.0 Å². The molecule has 29 heavy (non-hydrogen) atoms. The van der Waals surface area contributed by atoms with Crippen molar-refractivity contribution in [3.05, 3.63) is 52.6 Å². The predicted molar refractivity (Wildman–Crippen MR) is 107 cm³/mol. The van der Waals surface area contributed by atoms with Crippen LogP contribution in [0.2, 0.25) is 0 Å². The minimum Gasteiger partial charge on any atom is -0.495 e. The highest BCUT2D eigenvalue weighted by Crippen LogP contribution is 2.35. The van der Waals surface area contributed by atoms with Gasteiger partial charge in [0.1, 0.15) is 5.75 Å². The Labute approximate surface area is 169 Å². The molecule has 3 rings (SSSR count). The third-order valence-electron chi connectivity index (χ3n) is 4.04. The van der Waals surface area contributed by atoms with Crippen LogP contribution in [0.15, 0.2) is 47.6 Å². The summed E-state index contributed by atoms with van der Waals surface area (Å²) < 4.78 is 7.18. The lowest BCUT2D eigenvalue weighted by Crippen LogP contribution is -2.39. The summed E-state index contributed by atoms with van der Waals surface area (Å²) in [4.78, 5) is 38.2. The van der Waals surface area contributed by atoms with E-state index in [2.05, 4.69) is 4.98 Å². The average Bonchev–Trinajstić information content (AvgIpc) is 3.03. The summed E-state index contributed by atoms with van der Waals surface area (Å²) in [7, 11) is 1.53. The van der Waals surface area contributed by atoms with E-state index in [1.54, 1.807) is 29.7 Å². The third kappa shape index (κ3) is 4.14. The lowest BCUT2D eigenvalue weighted by Gasteiger charge is -2.14. The standard InChI is InChI=1S/C18H17N5O5S/c1-10(16(24)21-17(19)25)29-18-20-12-9-11(23(26)27)7-8-13(12)22(18)14-5-3-4-6-15(14)28-2/h3-10H,1-2H3,(H3,19,21,24,25)/t10-/m0/s1. The fourth-order valence-corrected chi connectivity index (χ4v) is 3.66. The van der Waals surface area contributed by atoms with Gasteiger partial charge in [-0.25, -0.2) is 9.78 Å². The smallest absolute Gasteiger partial charge is 0.318 e. The van der Waals surface area contributed by atoms with Crippen LogP contribution in [0.5, 0.6) is 5.75 Å². The first-order chi connectivity index (χ1) is 13.8. The molecule has 1 atom stereocenters. The topological polar surface area (TPSA) is 142 Å². The highest BCUT2D eigenvalue weighted by Gasteiger charge is 2.23. The van der Waals surface area contributed by atoms with E-state index in [1.165, 1.54) is 19.2 Å². The van der Waals surface area contributed by atoms with Crippen LogP contribution in [-0.2, 0) is 4.79 Å². The van der Waals surface area contributed by atoms with Crippen molar-refractivity contribution >= 4 is 40.4 Å².